The van der Waals surface area contributed by atoms with Crippen LogP contribution in [0.4, 0.5) is 0 Å². The van der Waals surface area contributed by atoms with Crippen molar-refractivity contribution < 1.29 is 4.42 Å². The second-order valence-electron chi connectivity index (χ2n) is 13.5. The van der Waals surface area contributed by atoms with Crippen LogP contribution in [0.2, 0.25) is 0 Å². The van der Waals surface area contributed by atoms with Crippen molar-refractivity contribution >= 4 is 38.6 Å². The molecular weight excluding hydrogens is 617 g/mol. The lowest BCUT2D eigenvalue weighted by Gasteiger charge is -2.20. The molecular formula is C50H34O. The minimum atomic E-state index is 0.919. The Labute approximate surface area is 297 Å². The molecule has 1 heterocycles. The molecule has 0 bridgehead atoms. The van der Waals surface area contributed by atoms with Gasteiger partial charge in [-0.2, -0.15) is 0 Å². The monoisotopic (exact) mass is 650 g/mol. The number of allylic oxidation sites excluding steroid dienone is 1. The van der Waals surface area contributed by atoms with Crippen molar-refractivity contribution in [2.24, 2.45) is 0 Å². The number of rotatable bonds is 5. The fourth-order valence-corrected chi connectivity index (χ4v) is 8.17. The minimum absolute atomic E-state index is 0.919. The lowest BCUT2D eigenvalue weighted by molar-refractivity contribution is 0.546. The van der Waals surface area contributed by atoms with Crippen molar-refractivity contribution in [1.82, 2.24) is 0 Å². The molecule has 0 saturated heterocycles. The van der Waals surface area contributed by atoms with Gasteiger partial charge in [-0.05, 0) is 114 Å². The summed E-state index contributed by atoms with van der Waals surface area (Å²) in [5.74, 6) is 1.08. The van der Waals surface area contributed by atoms with Crippen LogP contribution in [-0.2, 0) is 6.42 Å². The highest BCUT2D eigenvalue weighted by Gasteiger charge is 2.24. The van der Waals surface area contributed by atoms with Gasteiger partial charge >= 0.3 is 0 Å². The lowest BCUT2D eigenvalue weighted by Crippen LogP contribution is -1.94. The van der Waals surface area contributed by atoms with Crippen molar-refractivity contribution in [3.63, 3.8) is 0 Å². The molecule has 0 N–H and O–H groups in total. The second-order valence-corrected chi connectivity index (χ2v) is 13.5. The molecule has 0 amide bonds. The van der Waals surface area contributed by atoms with Crippen LogP contribution in [0.1, 0.15) is 17.7 Å². The molecule has 1 aromatic heterocycles. The van der Waals surface area contributed by atoms with Crippen LogP contribution in [0, 0.1) is 0 Å². The molecule has 0 spiro atoms. The molecule has 10 rings (SSSR count). The van der Waals surface area contributed by atoms with Crippen LogP contribution in [-0.4, -0.2) is 0 Å². The third-order valence-electron chi connectivity index (χ3n) is 10.5. The van der Waals surface area contributed by atoms with E-state index in [9.17, 15) is 0 Å². The first-order valence-corrected chi connectivity index (χ1v) is 17.8. The van der Waals surface area contributed by atoms with Crippen LogP contribution < -0.4 is 0 Å². The van der Waals surface area contributed by atoms with Gasteiger partial charge < -0.3 is 4.42 Å². The number of aryl methyl sites for hydroxylation is 1. The van der Waals surface area contributed by atoms with Gasteiger partial charge in [-0.3, -0.25) is 0 Å². The van der Waals surface area contributed by atoms with Gasteiger partial charge in [0, 0.05) is 17.4 Å². The number of fused-ring (bicyclic) bond motifs is 5. The molecule has 0 radical (unpaired) electrons. The van der Waals surface area contributed by atoms with E-state index in [1.807, 2.05) is 0 Å². The zero-order chi connectivity index (χ0) is 33.7. The van der Waals surface area contributed by atoms with E-state index in [1.165, 1.54) is 82.6 Å². The predicted octanol–water partition coefficient (Wildman–Crippen LogP) is 14.0. The van der Waals surface area contributed by atoms with E-state index in [0.29, 0.717) is 0 Å². The summed E-state index contributed by atoms with van der Waals surface area (Å²) in [6.07, 6.45) is 6.48. The summed E-state index contributed by atoms with van der Waals surface area (Å²) in [5, 5.41) is 6.14. The van der Waals surface area contributed by atoms with E-state index >= 15 is 0 Å². The standard InChI is InChI=1S/C50H34O/c1-4-16-33(17-5-1)36-28-37(34-18-6-2-7-19-34)30-39(29-36)48-40-22-10-12-24-42(40)49(43-25-13-11-23-41(43)48)45-31-38(35-20-8-3-9-21-35)32-47-50(45)44-26-14-15-27-46(44)51-47/h1-14,16-26,28-32H,15,27H2. The van der Waals surface area contributed by atoms with Gasteiger partial charge in [-0.15, -0.1) is 0 Å². The van der Waals surface area contributed by atoms with E-state index in [1.54, 1.807) is 0 Å². The van der Waals surface area contributed by atoms with Gasteiger partial charge in [0.2, 0.25) is 0 Å². The van der Waals surface area contributed by atoms with Crippen molar-refractivity contribution in [1.29, 1.82) is 0 Å². The van der Waals surface area contributed by atoms with Crippen LogP contribution in [0.5, 0.6) is 0 Å². The number of hydrogen-bond acceptors (Lipinski definition) is 1. The summed E-state index contributed by atoms with van der Waals surface area (Å²) in [4.78, 5) is 0. The maximum absolute atomic E-state index is 6.69. The molecule has 0 saturated carbocycles. The number of benzene rings is 8. The molecule has 0 fully saturated rings. The Morgan fingerprint density at radius 3 is 1.37 bits per heavy atom. The SMILES string of the molecule is C1=Cc2c(oc3cc(-c4ccccc4)cc(-c4c5ccccc5c(-c5cc(-c6ccccc6)cc(-c6ccccc6)c5)c5ccccc45)c23)CC1. The summed E-state index contributed by atoms with van der Waals surface area (Å²) >= 11 is 0. The summed E-state index contributed by atoms with van der Waals surface area (Å²) in [6, 6.07) is 61.9. The van der Waals surface area contributed by atoms with E-state index in [0.717, 1.165) is 29.7 Å². The van der Waals surface area contributed by atoms with E-state index in [-0.39, 0.29) is 0 Å². The van der Waals surface area contributed by atoms with E-state index < -0.39 is 0 Å². The lowest BCUT2D eigenvalue weighted by atomic mass is 9.82. The molecule has 0 unspecified atom stereocenters. The minimum Gasteiger partial charge on any atom is -0.460 e. The Balaban J connectivity index is 1.32. The molecule has 1 nitrogen and oxygen atoms in total. The highest BCUT2D eigenvalue weighted by Crippen LogP contribution is 2.49. The first-order chi connectivity index (χ1) is 25.3. The first kappa shape index (κ1) is 29.5. The largest absolute Gasteiger partial charge is 0.460 e. The molecule has 1 heteroatoms. The topological polar surface area (TPSA) is 13.1 Å². The van der Waals surface area contributed by atoms with Crippen molar-refractivity contribution in [2.45, 2.75) is 12.8 Å². The summed E-state index contributed by atoms with van der Waals surface area (Å²) in [7, 11) is 0. The average molecular weight is 651 g/mol. The van der Waals surface area contributed by atoms with E-state index in [4.69, 9.17) is 4.42 Å². The van der Waals surface area contributed by atoms with Crippen molar-refractivity contribution in [3.05, 3.63) is 187 Å². The second kappa shape index (κ2) is 12.2. The molecule has 1 aliphatic carbocycles. The molecule has 0 aliphatic heterocycles. The van der Waals surface area contributed by atoms with Gasteiger partial charge in [0.15, 0.2) is 0 Å². The Morgan fingerprint density at radius 1 is 0.392 bits per heavy atom. The van der Waals surface area contributed by atoms with E-state index in [2.05, 4.69) is 182 Å². The van der Waals surface area contributed by atoms with Gasteiger partial charge in [0.25, 0.3) is 0 Å². The van der Waals surface area contributed by atoms with Crippen LogP contribution in [0.15, 0.2) is 180 Å². The van der Waals surface area contributed by atoms with Crippen LogP contribution in [0.25, 0.3) is 94.2 Å². The fraction of sp³-hybridized carbons (Fsp3) is 0.0400. The average Bonchev–Trinajstić information content (AvgIpc) is 3.59. The summed E-state index contributed by atoms with van der Waals surface area (Å²) in [5.41, 5.74) is 14.3. The smallest absolute Gasteiger partial charge is 0.136 e. The molecule has 51 heavy (non-hydrogen) atoms. The van der Waals surface area contributed by atoms with Crippen LogP contribution >= 0.6 is 0 Å². The Hall–Kier alpha value is -6.44. The Morgan fingerprint density at radius 2 is 0.843 bits per heavy atom. The number of furan rings is 1. The molecule has 240 valence electrons. The Bertz CT molecular complexity index is 2650. The molecule has 0 atom stereocenters. The third kappa shape index (κ3) is 5.01. The highest BCUT2D eigenvalue weighted by atomic mass is 16.3. The Kier molecular flexibility index (Phi) is 7.03. The zero-order valence-corrected chi connectivity index (χ0v) is 28.1. The van der Waals surface area contributed by atoms with Gasteiger partial charge in [0.05, 0.1) is 0 Å². The summed E-state index contributed by atoms with van der Waals surface area (Å²) in [6.45, 7) is 0. The molecule has 9 aromatic rings. The number of hydrogen-bond donors (Lipinski definition) is 0. The first-order valence-electron chi connectivity index (χ1n) is 17.8. The quantitative estimate of drug-likeness (QED) is 0.169. The van der Waals surface area contributed by atoms with Gasteiger partial charge in [0.1, 0.15) is 11.3 Å². The zero-order valence-electron chi connectivity index (χ0n) is 28.1. The molecule has 1 aliphatic rings. The van der Waals surface area contributed by atoms with Crippen LogP contribution in [0.3, 0.4) is 0 Å². The van der Waals surface area contributed by atoms with Crippen molar-refractivity contribution in [3.8, 4) is 55.6 Å². The summed E-state index contributed by atoms with van der Waals surface area (Å²) < 4.78 is 6.69. The fourth-order valence-electron chi connectivity index (χ4n) is 8.17. The van der Waals surface area contributed by atoms with Gasteiger partial charge in [-0.25, -0.2) is 0 Å². The third-order valence-corrected chi connectivity index (χ3v) is 10.5. The van der Waals surface area contributed by atoms with Crippen molar-refractivity contribution in [2.75, 3.05) is 0 Å². The molecule has 8 aromatic carbocycles. The normalized spacial score (nSPS) is 12.5. The maximum atomic E-state index is 6.69. The maximum Gasteiger partial charge on any atom is 0.136 e. The highest BCUT2D eigenvalue weighted by molar-refractivity contribution is 6.24. The van der Waals surface area contributed by atoms with Gasteiger partial charge in [-0.1, -0.05) is 152 Å². The predicted molar refractivity (Wildman–Crippen MR) is 216 cm³/mol.